The monoisotopic (exact) mass is 333 g/mol. The van der Waals surface area contributed by atoms with Gasteiger partial charge in [-0.25, -0.2) is 9.97 Å². The molecule has 0 bridgehead atoms. The Balaban J connectivity index is 1.78. The quantitative estimate of drug-likeness (QED) is 0.855. The Bertz CT molecular complexity index is 685. The summed E-state index contributed by atoms with van der Waals surface area (Å²) in [7, 11) is 0. The van der Waals surface area contributed by atoms with Gasteiger partial charge in [0.25, 0.3) is 5.91 Å². The van der Waals surface area contributed by atoms with E-state index >= 15 is 0 Å². The third-order valence-electron chi connectivity index (χ3n) is 4.42. The summed E-state index contributed by atoms with van der Waals surface area (Å²) in [4.78, 5) is 24.8. The zero-order chi connectivity index (χ0) is 16.6. The van der Waals surface area contributed by atoms with Crippen LogP contribution < -0.4 is 0 Å². The first-order chi connectivity index (χ1) is 11.0. The molecule has 5 nitrogen and oxygen atoms in total. The van der Waals surface area contributed by atoms with Gasteiger partial charge in [-0.2, -0.15) is 0 Å². The molecular weight excluding hydrogens is 310 g/mol. The van der Waals surface area contributed by atoms with Crippen molar-refractivity contribution in [2.45, 2.75) is 52.4 Å². The van der Waals surface area contributed by atoms with Crippen LogP contribution in [0.15, 0.2) is 10.8 Å². The lowest BCUT2D eigenvalue weighted by Crippen LogP contribution is -2.39. The number of piperidine rings is 1. The van der Waals surface area contributed by atoms with Gasteiger partial charge in [0.15, 0.2) is 12.1 Å². The van der Waals surface area contributed by atoms with E-state index in [-0.39, 0.29) is 11.8 Å². The number of likely N-dealkylation sites (tertiary alicyclic amines) is 1. The molecule has 1 aliphatic rings. The molecular formula is C17H23N3O2S. The van der Waals surface area contributed by atoms with E-state index in [4.69, 9.17) is 4.42 Å². The van der Waals surface area contributed by atoms with Crippen LogP contribution in [-0.2, 0) is 0 Å². The molecule has 3 rings (SSSR count). The number of carbonyl (C=O) groups is 1. The number of hydrogen-bond acceptors (Lipinski definition) is 5. The standard InChI is InChI=1S/C17H23N3O2S/c1-10(2)15-14(18-9-22-15)17(21)20-7-5-6-13(8-20)16-19-11(3)12(4)23-16/h9-10,13H,5-8H2,1-4H3/t13-/m0/s1. The van der Waals surface area contributed by atoms with Gasteiger partial charge in [0.05, 0.1) is 10.7 Å². The number of hydrogen-bond donors (Lipinski definition) is 0. The second kappa shape index (κ2) is 6.43. The van der Waals surface area contributed by atoms with Crippen LogP contribution in [0, 0.1) is 13.8 Å². The fourth-order valence-corrected chi connectivity index (χ4v) is 4.06. The number of aryl methyl sites for hydroxylation is 2. The highest BCUT2D eigenvalue weighted by Crippen LogP contribution is 2.32. The van der Waals surface area contributed by atoms with Crippen molar-refractivity contribution in [1.82, 2.24) is 14.9 Å². The van der Waals surface area contributed by atoms with Crippen molar-refractivity contribution in [3.8, 4) is 0 Å². The van der Waals surface area contributed by atoms with Gasteiger partial charge < -0.3 is 9.32 Å². The van der Waals surface area contributed by atoms with E-state index in [1.807, 2.05) is 25.7 Å². The molecule has 1 aliphatic heterocycles. The molecule has 0 aromatic carbocycles. The number of thiazole rings is 1. The lowest BCUT2D eigenvalue weighted by atomic mass is 9.98. The molecule has 0 saturated carbocycles. The van der Waals surface area contributed by atoms with Crippen molar-refractivity contribution in [3.05, 3.63) is 33.4 Å². The van der Waals surface area contributed by atoms with E-state index in [1.54, 1.807) is 11.3 Å². The Morgan fingerprint density at radius 3 is 2.87 bits per heavy atom. The van der Waals surface area contributed by atoms with Crippen molar-refractivity contribution in [2.24, 2.45) is 0 Å². The van der Waals surface area contributed by atoms with Gasteiger partial charge >= 0.3 is 0 Å². The summed E-state index contributed by atoms with van der Waals surface area (Å²) in [5, 5.41) is 1.15. The van der Waals surface area contributed by atoms with Crippen LogP contribution in [0.1, 0.15) is 70.4 Å². The molecule has 6 heteroatoms. The number of oxazole rings is 1. The first kappa shape index (κ1) is 16.2. The molecule has 1 saturated heterocycles. The lowest BCUT2D eigenvalue weighted by molar-refractivity contribution is 0.0699. The first-order valence-electron chi connectivity index (χ1n) is 8.14. The van der Waals surface area contributed by atoms with E-state index in [0.717, 1.165) is 36.6 Å². The van der Waals surface area contributed by atoms with Crippen molar-refractivity contribution >= 4 is 17.2 Å². The minimum Gasteiger partial charge on any atom is -0.447 e. The maximum Gasteiger partial charge on any atom is 0.276 e. The number of nitrogens with zero attached hydrogens (tertiary/aromatic N) is 3. The van der Waals surface area contributed by atoms with E-state index < -0.39 is 0 Å². The highest BCUT2D eigenvalue weighted by Gasteiger charge is 2.30. The molecule has 0 N–H and O–H groups in total. The van der Waals surface area contributed by atoms with Gasteiger partial charge in [-0.3, -0.25) is 4.79 Å². The normalized spacial score (nSPS) is 18.7. The Kier molecular flexibility index (Phi) is 4.53. The third-order valence-corrected chi connectivity index (χ3v) is 5.66. The Morgan fingerprint density at radius 1 is 1.43 bits per heavy atom. The van der Waals surface area contributed by atoms with Gasteiger partial charge in [0.2, 0.25) is 0 Å². The van der Waals surface area contributed by atoms with Crippen LogP contribution in [0.3, 0.4) is 0 Å². The van der Waals surface area contributed by atoms with Crippen molar-refractivity contribution in [1.29, 1.82) is 0 Å². The van der Waals surface area contributed by atoms with Gasteiger partial charge in [0.1, 0.15) is 5.76 Å². The maximum absolute atomic E-state index is 12.8. The van der Waals surface area contributed by atoms with Crippen molar-refractivity contribution < 1.29 is 9.21 Å². The van der Waals surface area contributed by atoms with Crippen molar-refractivity contribution in [3.63, 3.8) is 0 Å². The smallest absolute Gasteiger partial charge is 0.276 e. The summed E-state index contributed by atoms with van der Waals surface area (Å²) in [5.74, 6) is 1.15. The SMILES string of the molecule is Cc1nc([C@H]2CCCN(C(=O)c3ncoc3C(C)C)C2)sc1C. The lowest BCUT2D eigenvalue weighted by Gasteiger charge is -2.31. The molecule has 1 atom stereocenters. The largest absolute Gasteiger partial charge is 0.447 e. The predicted molar refractivity (Wildman–Crippen MR) is 90.1 cm³/mol. The molecule has 23 heavy (non-hydrogen) atoms. The summed E-state index contributed by atoms with van der Waals surface area (Å²) < 4.78 is 5.40. The van der Waals surface area contributed by atoms with Crippen molar-refractivity contribution in [2.75, 3.05) is 13.1 Å². The van der Waals surface area contributed by atoms with Crippen LogP contribution in [0.2, 0.25) is 0 Å². The molecule has 0 aliphatic carbocycles. The zero-order valence-corrected chi connectivity index (χ0v) is 14.9. The minimum absolute atomic E-state index is 0.0165. The summed E-state index contributed by atoms with van der Waals surface area (Å²) >= 11 is 1.76. The number of amides is 1. The van der Waals surface area contributed by atoms with Gasteiger partial charge in [-0.05, 0) is 26.7 Å². The van der Waals surface area contributed by atoms with Crippen LogP contribution in [0.4, 0.5) is 0 Å². The zero-order valence-electron chi connectivity index (χ0n) is 14.1. The number of aromatic nitrogens is 2. The molecule has 124 valence electrons. The summed E-state index contributed by atoms with van der Waals surface area (Å²) in [6, 6.07) is 0. The van der Waals surface area contributed by atoms with Gasteiger partial charge in [0, 0.05) is 29.8 Å². The Morgan fingerprint density at radius 2 is 2.22 bits per heavy atom. The Hall–Kier alpha value is -1.69. The summed E-state index contributed by atoms with van der Waals surface area (Å²) in [5.41, 5.74) is 1.57. The van der Waals surface area contributed by atoms with E-state index in [1.165, 1.54) is 11.3 Å². The Labute approximate surface area is 140 Å². The van der Waals surface area contributed by atoms with Gasteiger partial charge in [-0.1, -0.05) is 13.8 Å². The van der Waals surface area contributed by atoms with Crippen LogP contribution in [-0.4, -0.2) is 33.9 Å². The molecule has 2 aromatic heterocycles. The molecule has 1 amide bonds. The number of rotatable bonds is 3. The second-order valence-corrected chi connectivity index (χ2v) is 7.74. The average molecular weight is 333 g/mol. The molecule has 0 unspecified atom stereocenters. The van der Waals surface area contributed by atoms with Crippen LogP contribution >= 0.6 is 11.3 Å². The highest BCUT2D eigenvalue weighted by molar-refractivity contribution is 7.11. The topological polar surface area (TPSA) is 59.2 Å². The van der Waals surface area contributed by atoms with E-state index in [2.05, 4.69) is 16.9 Å². The van der Waals surface area contributed by atoms with Crippen LogP contribution in [0.25, 0.3) is 0 Å². The molecule has 0 radical (unpaired) electrons. The average Bonchev–Trinajstić information content (AvgIpc) is 3.14. The predicted octanol–water partition coefficient (Wildman–Crippen LogP) is 3.89. The maximum atomic E-state index is 12.8. The third kappa shape index (κ3) is 3.17. The molecule has 2 aromatic rings. The second-order valence-electron chi connectivity index (χ2n) is 6.50. The molecule has 0 spiro atoms. The van der Waals surface area contributed by atoms with E-state index in [0.29, 0.717) is 17.4 Å². The fourth-order valence-electron chi connectivity index (χ4n) is 3.01. The summed E-state index contributed by atoms with van der Waals surface area (Å²) in [6.07, 6.45) is 3.46. The van der Waals surface area contributed by atoms with E-state index in [9.17, 15) is 4.79 Å². The fraction of sp³-hybridized carbons (Fsp3) is 0.588. The molecule has 1 fully saturated rings. The molecule has 3 heterocycles. The number of carbonyl (C=O) groups excluding carboxylic acids is 1. The summed E-state index contributed by atoms with van der Waals surface area (Å²) in [6.45, 7) is 9.67. The van der Waals surface area contributed by atoms with Crippen LogP contribution in [0.5, 0.6) is 0 Å². The minimum atomic E-state index is -0.0165. The van der Waals surface area contributed by atoms with Gasteiger partial charge in [-0.15, -0.1) is 11.3 Å². The highest BCUT2D eigenvalue weighted by atomic mass is 32.1. The first-order valence-corrected chi connectivity index (χ1v) is 8.95.